The minimum absolute atomic E-state index is 0.0127. The number of benzene rings is 1. The van der Waals surface area contributed by atoms with Crippen molar-refractivity contribution in [2.75, 3.05) is 6.61 Å². The van der Waals surface area contributed by atoms with Gasteiger partial charge in [-0.3, -0.25) is 0 Å². The molecule has 0 spiro atoms. The van der Waals surface area contributed by atoms with Gasteiger partial charge in [-0.15, -0.1) is 0 Å². The number of alkyl halides is 3. The van der Waals surface area contributed by atoms with Crippen molar-refractivity contribution in [2.45, 2.75) is 19.6 Å². The smallest absolute Gasteiger partial charge is 0.367 e. The van der Waals surface area contributed by atoms with Crippen LogP contribution in [0.3, 0.4) is 0 Å². The van der Waals surface area contributed by atoms with Gasteiger partial charge in [-0.25, -0.2) is 0 Å². The molecule has 0 atom stereocenters. The molecule has 5 heteroatoms. The van der Waals surface area contributed by atoms with Crippen LogP contribution in [0.15, 0.2) is 24.3 Å². The lowest BCUT2D eigenvalue weighted by Crippen LogP contribution is -2.17. The molecule has 0 aliphatic rings. The third-order valence-corrected chi connectivity index (χ3v) is 1.82. The van der Waals surface area contributed by atoms with Crippen molar-refractivity contribution in [3.05, 3.63) is 29.8 Å². The molecule has 0 bridgehead atoms. The minimum atomic E-state index is -4.26. The highest BCUT2D eigenvalue weighted by Gasteiger charge is 2.27. The number of ether oxygens (including phenoxy) is 1. The Morgan fingerprint density at radius 2 is 2.07 bits per heavy atom. The van der Waals surface area contributed by atoms with Crippen LogP contribution in [0.1, 0.15) is 5.56 Å². The fourth-order valence-corrected chi connectivity index (χ4v) is 1.15. The van der Waals surface area contributed by atoms with Crippen molar-refractivity contribution in [1.82, 2.24) is 0 Å². The van der Waals surface area contributed by atoms with Gasteiger partial charge in [0.05, 0.1) is 6.61 Å². The molecule has 1 aromatic rings. The van der Waals surface area contributed by atoms with Crippen LogP contribution in [0.4, 0.5) is 13.2 Å². The maximum atomic E-state index is 11.8. The third-order valence-electron chi connectivity index (χ3n) is 1.82. The lowest BCUT2D eigenvalue weighted by molar-refractivity contribution is -0.176. The molecule has 0 unspecified atom stereocenters. The van der Waals surface area contributed by atoms with Crippen LogP contribution in [0.25, 0.3) is 0 Å². The van der Waals surface area contributed by atoms with Crippen LogP contribution >= 0.6 is 0 Å². The largest absolute Gasteiger partial charge is 0.411 e. The summed E-state index contributed by atoms with van der Waals surface area (Å²) in [4.78, 5) is 0. The standard InChI is InChI=1S/C10H11BF3O/c1-11-9-4-2-3-8(5-9)6-15-7-10(12,13)14/h2-5H,6-7H2,1H3. The van der Waals surface area contributed by atoms with Gasteiger partial charge >= 0.3 is 6.18 Å². The normalized spacial score (nSPS) is 11.5. The molecule has 0 N–H and O–H groups in total. The molecule has 0 aromatic heterocycles. The predicted octanol–water partition coefficient (Wildman–Crippen LogP) is 2.14. The van der Waals surface area contributed by atoms with Crippen molar-refractivity contribution in [1.29, 1.82) is 0 Å². The van der Waals surface area contributed by atoms with Crippen molar-refractivity contribution in [3.8, 4) is 0 Å². The first-order chi connectivity index (χ1) is 7.01. The summed E-state index contributed by atoms with van der Waals surface area (Å²) in [5.41, 5.74) is 1.72. The molecule has 0 amide bonds. The third kappa shape index (κ3) is 4.88. The van der Waals surface area contributed by atoms with E-state index in [0.29, 0.717) is 0 Å². The summed E-state index contributed by atoms with van der Waals surface area (Å²) in [6.07, 6.45) is -4.26. The number of rotatable bonds is 4. The van der Waals surface area contributed by atoms with Gasteiger partial charge in [-0.1, -0.05) is 36.6 Å². The topological polar surface area (TPSA) is 9.23 Å². The van der Waals surface area contributed by atoms with Crippen molar-refractivity contribution in [3.63, 3.8) is 0 Å². The molecule has 15 heavy (non-hydrogen) atoms. The summed E-state index contributed by atoms with van der Waals surface area (Å²) in [6, 6.07) is 7.22. The van der Waals surface area contributed by atoms with E-state index < -0.39 is 12.8 Å². The van der Waals surface area contributed by atoms with Crippen LogP contribution < -0.4 is 5.46 Å². The zero-order chi connectivity index (χ0) is 11.3. The van der Waals surface area contributed by atoms with E-state index in [1.54, 1.807) is 18.2 Å². The fourth-order valence-electron chi connectivity index (χ4n) is 1.15. The Labute approximate surface area is 87.5 Å². The molecule has 0 saturated carbocycles. The Hall–Kier alpha value is -0.965. The van der Waals surface area contributed by atoms with Crippen LogP contribution in [0.5, 0.6) is 0 Å². The monoisotopic (exact) mass is 215 g/mol. The van der Waals surface area contributed by atoms with E-state index in [2.05, 4.69) is 4.74 Å². The van der Waals surface area contributed by atoms with Gasteiger partial charge in [0.1, 0.15) is 13.9 Å². The van der Waals surface area contributed by atoms with Crippen molar-refractivity contribution >= 4 is 12.7 Å². The lowest BCUT2D eigenvalue weighted by atomic mass is 9.73. The van der Waals surface area contributed by atoms with E-state index in [1.807, 2.05) is 20.2 Å². The first-order valence-corrected chi connectivity index (χ1v) is 4.54. The first kappa shape index (κ1) is 12.1. The Balaban J connectivity index is 2.44. The van der Waals surface area contributed by atoms with Gasteiger partial charge in [0.15, 0.2) is 0 Å². The molecule has 81 valence electrons. The zero-order valence-electron chi connectivity index (χ0n) is 8.34. The number of hydrogen-bond donors (Lipinski definition) is 0. The van der Waals surface area contributed by atoms with Crippen LogP contribution in [-0.2, 0) is 11.3 Å². The Morgan fingerprint density at radius 1 is 1.33 bits per heavy atom. The SMILES string of the molecule is C[B]c1cccc(COCC(F)(F)F)c1. The highest BCUT2D eigenvalue weighted by atomic mass is 19.4. The van der Waals surface area contributed by atoms with Gasteiger partial charge in [0, 0.05) is 0 Å². The maximum Gasteiger partial charge on any atom is 0.411 e. The number of halogens is 3. The van der Waals surface area contributed by atoms with Gasteiger partial charge in [-0.2, -0.15) is 13.2 Å². The summed E-state index contributed by atoms with van der Waals surface area (Å²) in [6.45, 7) is 0.657. The molecule has 0 saturated heterocycles. The first-order valence-electron chi connectivity index (χ1n) is 4.54. The fraction of sp³-hybridized carbons (Fsp3) is 0.400. The zero-order valence-corrected chi connectivity index (χ0v) is 8.34. The molecule has 0 aliphatic carbocycles. The molecule has 0 aliphatic heterocycles. The van der Waals surface area contributed by atoms with Crippen LogP contribution in [0.2, 0.25) is 6.82 Å². The molecule has 1 radical (unpaired) electrons. The van der Waals surface area contributed by atoms with Gasteiger partial charge in [-0.05, 0) is 5.56 Å². The van der Waals surface area contributed by atoms with Crippen molar-refractivity contribution in [2.24, 2.45) is 0 Å². The van der Waals surface area contributed by atoms with E-state index in [1.165, 1.54) is 0 Å². The van der Waals surface area contributed by atoms with Gasteiger partial charge < -0.3 is 4.74 Å². The van der Waals surface area contributed by atoms with E-state index in [9.17, 15) is 13.2 Å². The summed E-state index contributed by atoms with van der Waals surface area (Å²) in [7, 11) is 1.88. The molecule has 1 aromatic carbocycles. The molecule has 1 rings (SSSR count). The summed E-state index contributed by atoms with van der Waals surface area (Å²) in [5, 5.41) is 0. The van der Waals surface area contributed by atoms with E-state index in [-0.39, 0.29) is 6.61 Å². The molecular formula is C10H11BF3O. The predicted molar refractivity (Wildman–Crippen MR) is 53.4 cm³/mol. The second-order valence-corrected chi connectivity index (χ2v) is 3.14. The van der Waals surface area contributed by atoms with Crippen LogP contribution in [0, 0.1) is 0 Å². The molecule has 1 nitrogen and oxygen atoms in total. The van der Waals surface area contributed by atoms with E-state index in [4.69, 9.17) is 0 Å². The van der Waals surface area contributed by atoms with Crippen molar-refractivity contribution < 1.29 is 17.9 Å². The van der Waals surface area contributed by atoms with Crippen LogP contribution in [-0.4, -0.2) is 20.1 Å². The second-order valence-electron chi connectivity index (χ2n) is 3.14. The van der Waals surface area contributed by atoms with E-state index in [0.717, 1.165) is 11.0 Å². The van der Waals surface area contributed by atoms with E-state index >= 15 is 0 Å². The Bertz CT molecular complexity index is 312. The average molecular weight is 215 g/mol. The minimum Gasteiger partial charge on any atom is -0.367 e. The summed E-state index contributed by atoms with van der Waals surface area (Å²) < 4.78 is 39.9. The second kappa shape index (κ2) is 5.21. The highest BCUT2D eigenvalue weighted by Crippen LogP contribution is 2.15. The Kier molecular flexibility index (Phi) is 4.21. The highest BCUT2D eigenvalue weighted by molar-refractivity contribution is 6.51. The molecular weight excluding hydrogens is 204 g/mol. The summed E-state index contributed by atoms with van der Waals surface area (Å²) >= 11 is 0. The lowest BCUT2D eigenvalue weighted by Gasteiger charge is -2.08. The van der Waals surface area contributed by atoms with Gasteiger partial charge in [0.2, 0.25) is 0 Å². The molecule has 0 fully saturated rings. The number of hydrogen-bond acceptors (Lipinski definition) is 1. The maximum absolute atomic E-state index is 11.8. The average Bonchev–Trinajstić information content (AvgIpc) is 2.16. The van der Waals surface area contributed by atoms with Gasteiger partial charge in [0.25, 0.3) is 0 Å². The summed E-state index contributed by atoms with van der Waals surface area (Å²) in [5.74, 6) is 0. The quantitative estimate of drug-likeness (QED) is 0.699. The molecule has 0 heterocycles. The Morgan fingerprint density at radius 3 is 2.67 bits per heavy atom.